The van der Waals surface area contributed by atoms with Gasteiger partial charge in [-0.3, -0.25) is 0 Å². The highest BCUT2D eigenvalue weighted by atomic mass is 79.9. The molecule has 1 N–H and O–H groups in total. The molecule has 0 spiro atoms. The van der Waals surface area contributed by atoms with Crippen LogP contribution < -0.4 is 5.32 Å². The summed E-state index contributed by atoms with van der Waals surface area (Å²) in [4.78, 5) is 4.36. The first-order valence-electron chi connectivity index (χ1n) is 6.67. The molecule has 3 rings (SSSR count). The Morgan fingerprint density at radius 2 is 2.26 bits per heavy atom. The van der Waals surface area contributed by atoms with Crippen molar-refractivity contribution in [2.75, 3.05) is 6.54 Å². The van der Waals surface area contributed by atoms with Crippen LogP contribution in [0.1, 0.15) is 24.3 Å². The first-order valence-corrected chi connectivity index (χ1v) is 7.47. The molecule has 100 valence electrons. The second kappa shape index (κ2) is 5.47. The van der Waals surface area contributed by atoms with E-state index in [2.05, 4.69) is 39.2 Å². The van der Waals surface area contributed by atoms with E-state index >= 15 is 0 Å². The van der Waals surface area contributed by atoms with E-state index in [-0.39, 0.29) is 0 Å². The predicted octanol–water partition coefficient (Wildman–Crippen LogP) is 3.71. The number of nitrogens with zero attached hydrogens (tertiary/aromatic N) is 1. The van der Waals surface area contributed by atoms with Gasteiger partial charge < -0.3 is 9.73 Å². The van der Waals surface area contributed by atoms with E-state index < -0.39 is 0 Å². The molecule has 0 aliphatic heterocycles. The molecule has 1 heterocycles. The van der Waals surface area contributed by atoms with Crippen molar-refractivity contribution < 1.29 is 4.42 Å². The van der Waals surface area contributed by atoms with Gasteiger partial charge in [-0.2, -0.15) is 0 Å². The summed E-state index contributed by atoms with van der Waals surface area (Å²) in [6.07, 6.45) is 5.30. The maximum atomic E-state index is 5.84. The summed E-state index contributed by atoms with van der Waals surface area (Å²) >= 11 is 3.54. The van der Waals surface area contributed by atoms with Gasteiger partial charge in [-0.05, 0) is 31.4 Å². The SMILES string of the molecule is Cc1c(Br)cccc1-c1cnc(CCNC2CC2)o1. The molecule has 0 radical (unpaired) electrons. The van der Waals surface area contributed by atoms with Crippen LogP contribution in [-0.4, -0.2) is 17.6 Å². The van der Waals surface area contributed by atoms with Crippen LogP contribution in [0.4, 0.5) is 0 Å². The molecule has 2 aromatic rings. The summed E-state index contributed by atoms with van der Waals surface area (Å²) in [5, 5.41) is 3.47. The van der Waals surface area contributed by atoms with Crippen molar-refractivity contribution in [3.63, 3.8) is 0 Å². The molecule has 1 aromatic heterocycles. The number of benzene rings is 1. The normalized spacial score (nSPS) is 14.8. The number of hydrogen-bond acceptors (Lipinski definition) is 3. The summed E-state index contributed by atoms with van der Waals surface area (Å²) in [5.74, 6) is 1.66. The quantitative estimate of drug-likeness (QED) is 0.912. The Morgan fingerprint density at radius 3 is 3.05 bits per heavy atom. The third-order valence-electron chi connectivity index (χ3n) is 3.44. The second-order valence-corrected chi connectivity index (χ2v) is 5.86. The molecule has 19 heavy (non-hydrogen) atoms. The Kier molecular flexibility index (Phi) is 3.71. The lowest BCUT2D eigenvalue weighted by molar-refractivity contribution is 0.494. The van der Waals surface area contributed by atoms with E-state index in [0.29, 0.717) is 0 Å². The smallest absolute Gasteiger partial charge is 0.196 e. The molecule has 1 aliphatic carbocycles. The van der Waals surface area contributed by atoms with Gasteiger partial charge in [-0.25, -0.2) is 4.98 Å². The molecule has 1 fully saturated rings. The van der Waals surface area contributed by atoms with Crippen LogP contribution >= 0.6 is 15.9 Å². The van der Waals surface area contributed by atoms with Crippen LogP contribution in [-0.2, 0) is 6.42 Å². The molecule has 1 aromatic carbocycles. The number of oxazole rings is 1. The third-order valence-corrected chi connectivity index (χ3v) is 4.30. The molecule has 1 aliphatic rings. The lowest BCUT2D eigenvalue weighted by atomic mass is 10.1. The zero-order valence-electron chi connectivity index (χ0n) is 10.9. The van der Waals surface area contributed by atoms with Crippen molar-refractivity contribution >= 4 is 15.9 Å². The topological polar surface area (TPSA) is 38.1 Å². The van der Waals surface area contributed by atoms with Gasteiger partial charge in [0.2, 0.25) is 0 Å². The summed E-state index contributed by atoms with van der Waals surface area (Å²) in [6, 6.07) is 6.85. The fraction of sp³-hybridized carbons (Fsp3) is 0.400. The molecular formula is C15H17BrN2O. The van der Waals surface area contributed by atoms with E-state index in [4.69, 9.17) is 4.42 Å². The lowest BCUT2D eigenvalue weighted by Crippen LogP contribution is -2.19. The van der Waals surface area contributed by atoms with E-state index in [1.54, 1.807) is 0 Å². The van der Waals surface area contributed by atoms with Crippen LogP contribution in [0.5, 0.6) is 0 Å². The number of rotatable bonds is 5. The Labute approximate surface area is 121 Å². The zero-order valence-corrected chi connectivity index (χ0v) is 12.5. The van der Waals surface area contributed by atoms with Gasteiger partial charge in [-0.1, -0.05) is 28.1 Å². The number of nitrogens with one attached hydrogen (secondary N) is 1. The summed E-state index contributed by atoms with van der Waals surface area (Å²) in [7, 11) is 0. The summed E-state index contributed by atoms with van der Waals surface area (Å²) < 4.78 is 6.93. The maximum absolute atomic E-state index is 5.84. The van der Waals surface area contributed by atoms with Gasteiger partial charge >= 0.3 is 0 Å². The van der Waals surface area contributed by atoms with Crippen LogP contribution in [0.2, 0.25) is 0 Å². The van der Waals surface area contributed by atoms with Crippen molar-refractivity contribution in [3.05, 3.63) is 40.3 Å². The minimum absolute atomic E-state index is 0.738. The van der Waals surface area contributed by atoms with Crippen LogP contribution in [0.25, 0.3) is 11.3 Å². The molecule has 0 amide bonds. The van der Waals surface area contributed by atoms with Crippen LogP contribution in [0.3, 0.4) is 0 Å². The van der Waals surface area contributed by atoms with Crippen molar-refractivity contribution in [1.29, 1.82) is 0 Å². The largest absolute Gasteiger partial charge is 0.441 e. The average Bonchev–Trinajstić information content (AvgIpc) is 3.10. The minimum atomic E-state index is 0.738. The van der Waals surface area contributed by atoms with Crippen molar-refractivity contribution in [1.82, 2.24) is 10.3 Å². The Balaban J connectivity index is 1.70. The molecule has 4 heteroatoms. The van der Waals surface area contributed by atoms with Gasteiger partial charge in [0, 0.05) is 29.0 Å². The molecule has 0 saturated heterocycles. The minimum Gasteiger partial charge on any atom is -0.441 e. The fourth-order valence-corrected chi connectivity index (χ4v) is 2.46. The molecule has 0 bridgehead atoms. The number of aromatic nitrogens is 1. The molecule has 0 unspecified atom stereocenters. The van der Waals surface area contributed by atoms with Gasteiger partial charge in [0.15, 0.2) is 11.7 Å². The Hall–Kier alpha value is -1.13. The molecule has 0 atom stereocenters. The number of halogens is 1. The lowest BCUT2D eigenvalue weighted by Gasteiger charge is -2.04. The summed E-state index contributed by atoms with van der Waals surface area (Å²) in [5.41, 5.74) is 2.28. The third kappa shape index (κ3) is 3.07. The predicted molar refractivity (Wildman–Crippen MR) is 79.1 cm³/mol. The zero-order chi connectivity index (χ0) is 13.2. The highest BCUT2D eigenvalue weighted by Gasteiger charge is 2.20. The first-order chi connectivity index (χ1) is 9.24. The van der Waals surface area contributed by atoms with Crippen molar-refractivity contribution in [3.8, 4) is 11.3 Å². The van der Waals surface area contributed by atoms with E-state index in [1.165, 1.54) is 18.4 Å². The Bertz CT molecular complexity index is 575. The van der Waals surface area contributed by atoms with Gasteiger partial charge in [0.25, 0.3) is 0 Å². The number of hydrogen-bond donors (Lipinski definition) is 1. The average molecular weight is 321 g/mol. The fourth-order valence-electron chi connectivity index (χ4n) is 2.10. The summed E-state index contributed by atoms with van der Waals surface area (Å²) in [6.45, 7) is 3.03. The molecular weight excluding hydrogens is 304 g/mol. The standard InChI is InChI=1S/C15H17BrN2O/c1-10-12(3-2-4-13(10)16)14-9-18-15(19-14)7-8-17-11-5-6-11/h2-4,9,11,17H,5-8H2,1H3. The maximum Gasteiger partial charge on any atom is 0.196 e. The van der Waals surface area contributed by atoms with E-state index in [1.807, 2.05) is 18.3 Å². The molecule has 3 nitrogen and oxygen atoms in total. The Morgan fingerprint density at radius 1 is 1.42 bits per heavy atom. The van der Waals surface area contributed by atoms with Crippen LogP contribution in [0.15, 0.2) is 33.3 Å². The molecule has 1 saturated carbocycles. The first kappa shape index (κ1) is 12.9. The van der Waals surface area contributed by atoms with Gasteiger partial charge in [0.05, 0.1) is 6.20 Å². The van der Waals surface area contributed by atoms with Crippen molar-refractivity contribution in [2.45, 2.75) is 32.2 Å². The second-order valence-electron chi connectivity index (χ2n) is 5.01. The van der Waals surface area contributed by atoms with Gasteiger partial charge in [-0.15, -0.1) is 0 Å². The van der Waals surface area contributed by atoms with Gasteiger partial charge in [0.1, 0.15) is 0 Å². The highest BCUT2D eigenvalue weighted by molar-refractivity contribution is 9.10. The van der Waals surface area contributed by atoms with Crippen molar-refractivity contribution in [2.24, 2.45) is 0 Å². The monoisotopic (exact) mass is 320 g/mol. The van der Waals surface area contributed by atoms with E-state index in [9.17, 15) is 0 Å². The van der Waals surface area contributed by atoms with Crippen LogP contribution in [0, 0.1) is 6.92 Å². The highest BCUT2D eigenvalue weighted by Crippen LogP contribution is 2.29. The van der Waals surface area contributed by atoms with E-state index in [0.717, 1.165) is 40.7 Å².